The van der Waals surface area contributed by atoms with Gasteiger partial charge in [-0.1, -0.05) is 53.5 Å². The predicted octanol–water partition coefficient (Wildman–Crippen LogP) is 5.16. The highest BCUT2D eigenvalue weighted by molar-refractivity contribution is 6.42. The lowest BCUT2D eigenvalue weighted by molar-refractivity contribution is 0.0692. The van der Waals surface area contributed by atoms with Gasteiger partial charge in [0, 0.05) is 16.8 Å². The lowest BCUT2D eigenvalue weighted by Gasteiger charge is -2.10. The van der Waals surface area contributed by atoms with E-state index in [9.17, 15) is 19.5 Å². The molecule has 0 saturated heterocycles. The number of halogens is 2. The Kier molecular flexibility index (Phi) is 4.41. The van der Waals surface area contributed by atoms with E-state index >= 15 is 0 Å². The smallest absolute Gasteiger partial charge is 0.336 e. The molecule has 3 aromatic rings. The van der Waals surface area contributed by atoms with Crippen LogP contribution in [-0.4, -0.2) is 22.8 Å². The number of anilines is 1. The summed E-state index contributed by atoms with van der Waals surface area (Å²) in [5.74, 6) is -2.09. The van der Waals surface area contributed by atoms with Crippen molar-refractivity contribution in [1.82, 2.24) is 0 Å². The Hall–Kier alpha value is -3.15. The first-order valence-corrected chi connectivity index (χ1v) is 8.94. The Bertz CT molecular complexity index is 1190. The van der Waals surface area contributed by atoms with Crippen molar-refractivity contribution >= 4 is 46.5 Å². The summed E-state index contributed by atoms with van der Waals surface area (Å²) in [5.41, 5.74) is 2.70. The largest absolute Gasteiger partial charge is 0.478 e. The Morgan fingerprint density at radius 2 is 1.39 bits per heavy atom. The molecule has 0 spiro atoms. The van der Waals surface area contributed by atoms with Gasteiger partial charge in [-0.25, -0.2) is 4.79 Å². The molecule has 0 saturated carbocycles. The monoisotopic (exact) mass is 411 g/mol. The number of carbonyl (C=O) groups is 3. The average Bonchev–Trinajstić information content (AvgIpc) is 2.96. The lowest BCUT2D eigenvalue weighted by atomic mass is 10.0. The summed E-state index contributed by atoms with van der Waals surface area (Å²) in [6, 6.07) is 14.6. The van der Waals surface area contributed by atoms with Gasteiger partial charge in [0.1, 0.15) is 0 Å². The maximum Gasteiger partial charge on any atom is 0.336 e. The molecule has 0 radical (unpaired) electrons. The number of rotatable bonds is 3. The number of carbonyl (C=O) groups excluding carboxylic acids is 2. The average molecular weight is 412 g/mol. The van der Waals surface area contributed by atoms with Crippen molar-refractivity contribution in [3.8, 4) is 11.1 Å². The number of hydrogen-bond acceptors (Lipinski definition) is 3. The van der Waals surface area contributed by atoms with Crippen LogP contribution in [0.15, 0.2) is 54.6 Å². The fraction of sp³-hybridized carbons (Fsp3) is 0. The van der Waals surface area contributed by atoms with Crippen molar-refractivity contribution in [2.45, 2.75) is 0 Å². The minimum Gasteiger partial charge on any atom is -0.478 e. The van der Waals surface area contributed by atoms with Crippen molar-refractivity contribution in [2.24, 2.45) is 0 Å². The van der Waals surface area contributed by atoms with Gasteiger partial charge in [-0.2, -0.15) is 0 Å². The van der Waals surface area contributed by atoms with Gasteiger partial charge in [-0.15, -0.1) is 0 Å². The fourth-order valence-electron chi connectivity index (χ4n) is 3.22. The van der Waals surface area contributed by atoms with Gasteiger partial charge in [0.05, 0.1) is 21.2 Å². The minimum atomic E-state index is -1.30. The topological polar surface area (TPSA) is 83.5 Å². The van der Waals surface area contributed by atoms with E-state index in [1.165, 1.54) is 6.07 Å². The van der Waals surface area contributed by atoms with Crippen molar-refractivity contribution in [1.29, 1.82) is 0 Å². The number of aromatic carboxylic acids is 1. The maximum atomic E-state index is 12.6. The van der Waals surface area contributed by atoms with Crippen molar-refractivity contribution < 1.29 is 19.5 Å². The van der Waals surface area contributed by atoms with E-state index in [2.05, 4.69) is 5.32 Å². The molecule has 3 aromatic carbocycles. The Balaban J connectivity index is 1.69. The number of amides is 1. The summed E-state index contributed by atoms with van der Waals surface area (Å²) in [7, 11) is 0. The standard InChI is InChI=1S/C21H11Cl2NO4/c22-17-8-15(16(21(27)28)9-18(17)23)20(26)24-10-5-6-12-11-3-1-2-4-13(11)19(25)14(12)7-10/h1-9H,(H,24,26)(H,27,28). The molecule has 0 bridgehead atoms. The van der Waals surface area contributed by atoms with Crippen molar-refractivity contribution in [2.75, 3.05) is 5.32 Å². The van der Waals surface area contributed by atoms with E-state index in [1.807, 2.05) is 12.1 Å². The highest BCUT2D eigenvalue weighted by Crippen LogP contribution is 2.37. The molecular formula is C21H11Cl2NO4. The van der Waals surface area contributed by atoms with Crippen LogP contribution in [0.2, 0.25) is 10.0 Å². The third-order valence-electron chi connectivity index (χ3n) is 4.52. The van der Waals surface area contributed by atoms with E-state index in [-0.39, 0.29) is 27.0 Å². The van der Waals surface area contributed by atoms with Gasteiger partial charge in [-0.3, -0.25) is 9.59 Å². The van der Waals surface area contributed by atoms with Gasteiger partial charge >= 0.3 is 5.97 Å². The predicted molar refractivity (Wildman–Crippen MR) is 107 cm³/mol. The van der Waals surface area contributed by atoms with Gasteiger partial charge in [0.2, 0.25) is 0 Å². The second-order valence-corrected chi connectivity index (χ2v) is 7.02. The normalized spacial score (nSPS) is 11.7. The van der Waals surface area contributed by atoms with Gasteiger partial charge in [-0.05, 0) is 35.4 Å². The van der Waals surface area contributed by atoms with Crippen LogP contribution < -0.4 is 5.32 Å². The minimum absolute atomic E-state index is 0.0384. The van der Waals surface area contributed by atoms with Crippen LogP contribution in [0.1, 0.15) is 36.6 Å². The SMILES string of the molecule is O=C(O)c1cc(Cl)c(Cl)cc1C(=O)Nc1ccc2c(c1)C(=O)c1ccccc1-2. The molecular weight excluding hydrogens is 401 g/mol. The third-order valence-corrected chi connectivity index (χ3v) is 5.24. The molecule has 0 fully saturated rings. The molecule has 0 aliphatic heterocycles. The summed E-state index contributed by atoms with van der Waals surface area (Å²) >= 11 is 11.8. The van der Waals surface area contributed by atoms with Gasteiger partial charge < -0.3 is 10.4 Å². The van der Waals surface area contributed by atoms with Crippen LogP contribution in [0.25, 0.3) is 11.1 Å². The number of fused-ring (bicyclic) bond motifs is 3. The van der Waals surface area contributed by atoms with Crippen LogP contribution >= 0.6 is 23.2 Å². The van der Waals surface area contributed by atoms with Crippen molar-refractivity contribution in [3.63, 3.8) is 0 Å². The lowest BCUT2D eigenvalue weighted by Crippen LogP contribution is -2.17. The second kappa shape index (κ2) is 6.78. The number of ketones is 1. The van der Waals surface area contributed by atoms with Crippen LogP contribution in [0.3, 0.4) is 0 Å². The molecule has 28 heavy (non-hydrogen) atoms. The molecule has 2 N–H and O–H groups in total. The first-order chi connectivity index (χ1) is 13.4. The molecule has 4 rings (SSSR count). The summed E-state index contributed by atoms with van der Waals surface area (Å²) in [6.07, 6.45) is 0. The van der Waals surface area contributed by atoms with E-state index < -0.39 is 11.9 Å². The second-order valence-electron chi connectivity index (χ2n) is 6.21. The molecule has 1 amide bonds. The zero-order valence-electron chi connectivity index (χ0n) is 14.1. The number of benzene rings is 3. The third kappa shape index (κ3) is 2.95. The fourth-order valence-corrected chi connectivity index (χ4v) is 3.54. The van der Waals surface area contributed by atoms with E-state index in [0.717, 1.165) is 17.2 Å². The van der Waals surface area contributed by atoms with Crippen LogP contribution in [0.5, 0.6) is 0 Å². The molecule has 0 heterocycles. The molecule has 0 atom stereocenters. The number of nitrogens with one attached hydrogen (secondary N) is 1. The first-order valence-electron chi connectivity index (χ1n) is 8.18. The summed E-state index contributed by atoms with van der Waals surface area (Å²) in [6.45, 7) is 0. The molecule has 0 unspecified atom stereocenters. The van der Waals surface area contributed by atoms with E-state index in [1.54, 1.807) is 30.3 Å². The Morgan fingerprint density at radius 1 is 0.786 bits per heavy atom. The summed E-state index contributed by atoms with van der Waals surface area (Å²) < 4.78 is 0. The maximum absolute atomic E-state index is 12.6. The number of hydrogen-bond donors (Lipinski definition) is 2. The summed E-state index contributed by atoms with van der Waals surface area (Å²) in [5, 5.41) is 12.1. The molecule has 5 nitrogen and oxygen atoms in total. The zero-order valence-corrected chi connectivity index (χ0v) is 15.6. The zero-order chi connectivity index (χ0) is 20.0. The number of carboxylic acids is 1. The summed E-state index contributed by atoms with van der Waals surface area (Å²) in [4.78, 5) is 36.7. The first kappa shape index (κ1) is 18.2. The van der Waals surface area contributed by atoms with Crippen LogP contribution in [-0.2, 0) is 0 Å². The van der Waals surface area contributed by atoms with E-state index in [4.69, 9.17) is 23.2 Å². The molecule has 138 valence electrons. The number of carboxylic acid groups (broad SMARTS) is 1. The Labute approximate surface area is 169 Å². The molecule has 0 aromatic heterocycles. The molecule has 1 aliphatic carbocycles. The van der Waals surface area contributed by atoms with Crippen molar-refractivity contribution in [3.05, 3.63) is 86.9 Å². The van der Waals surface area contributed by atoms with Crippen LogP contribution in [0.4, 0.5) is 5.69 Å². The highest BCUT2D eigenvalue weighted by Gasteiger charge is 2.27. The van der Waals surface area contributed by atoms with Gasteiger partial charge in [0.15, 0.2) is 5.78 Å². The van der Waals surface area contributed by atoms with E-state index in [0.29, 0.717) is 16.8 Å². The quantitative estimate of drug-likeness (QED) is 0.487. The highest BCUT2D eigenvalue weighted by atomic mass is 35.5. The van der Waals surface area contributed by atoms with Gasteiger partial charge in [0.25, 0.3) is 5.91 Å². The molecule has 1 aliphatic rings. The van der Waals surface area contributed by atoms with Crippen LogP contribution in [0, 0.1) is 0 Å². The molecule has 7 heteroatoms. The Morgan fingerprint density at radius 3 is 2.07 bits per heavy atom.